The summed E-state index contributed by atoms with van der Waals surface area (Å²) in [6.45, 7) is -0.0574. The molecule has 2 N–H and O–H groups in total. The average molecular weight is 438 g/mol. The van der Waals surface area contributed by atoms with Crippen molar-refractivity contribution < 1.29 is 19.0 Å². The fraction of sp³-hybridized carbons (Fsp3) is 0.273. The number of aromatic nitrogens is 2. The van der Waals surface area contributed by atoms with Gasteiger partial charge in [0.15, 0.2) is 11.5 Å². The second-order valence-corrected chi connectivity index (χ2v) is 6.78. The fourth-order valence-electron chi connectivity index (χ4n) is 3.31. The first kappa shape index (κ1) is 22.4. The Morgan fingerprint density at radius 2 is 1.72 bits per heavy atom. The van der Waals surface area contributed by atoms with Crippen LogP contribution in [0.3, 0.4) is 0 Å². The number of amides is 1. The van der Waals surface area contributed by atoms with E-state index in [1.54, 1.807) is 36.4 Å². The van der Waals surface area contributed by atoms with Crippen molar-refractivity contribution in [2.75, 3.05) is 21.3 Å². The summed E-state index contributed by atoms with van der Waals surface area (Å²) < 4.78 is 16.9. The number of benzene rings is 2. The fourth-order valence-corrected chi connectivity index (χ4v) is 3.31. The van der Waals surface area contributed by atoms with Gasteiger partial charge in [-0.15, -0.1) is 0 Å². The number of nitrogens with one attached hydrogen (secondary N) is 2. The Labute approximate surface area is 182 Å². The Hall–Kier alpha value is -4.26. The molecule has 0 spiro atoms. The van der Waals surface area contributed by atoms with Crippen molar-refractivity contribution in [2.24, 2.45) is 0 Å². The molecular formula is C22H22N4O6. The zero-order valence-electron chi connectivity index (χ0n) is 17.8. The Balaban J connectivity index is 1.78. The molecule has 0 aliphatic carbocycles. The molecular weight excluding hydrogens is 416 g/mol. The number of H-pyrrole nitrogens is 1. The maximum absolute atomic E-state index is 12.6. The number of aryl methyl sites for hydroxylation is 1. The number of rotatable bonds is 8. The molecule has 0 bridgehead atoms. The van der Waals surface area contributed by atoms with Crippen molar-refractivity contribution in [3.05, 3.63) is 62.7 Å². The Bertz CT molecular complexity index is 1280. The Morgan fingerprint density at radius 3 is 2.28 bits per heavy atom. The molecule has 1 unspecified atom stereocenters. The zero-order valence-corrected chi connectivity index (χ0v) is 17.8. The van der Waals surface area contributed by atoms with Gasteiger partial charge in [-0.2, -0.15) is 5.26 Å². The first-order valence-corrected chi connectivity index (χ1v) is 9.64. The number of ether oxygens (including phenoxy) is 3. The summed E-state index contributed by atoms with van der Waals surface area (Å²) in [7, 11) is 4.36. The SMILES string of the molecule is COc1cc(C(C#N)NC(=O)CCn2[nH]c(=O)c3ccccc3c2=O)cc(OC)c1OC. The summed E-state index contributed by atoms with van der Waals surface area (Å²) in [6, 6.07) is 10.6. The van der Waals surface area contributed by atoms with Gasteiger partial charge in [-0.1, -0.05) is 12.1 Å². The van der Waals surface area contributed by atoms with Gasteiger partial charge in [-0.3, -0.25) is 19.5 Å². The van der Waals surface area contributed by atoms with Crippen molar-refractivity contribution in [3.8, 4) is 23.3 Å². The number of nitrogens with zero attached hydrogens (tertiary/aromatic N) is 2. The summed E-state index contributed by atoms with van der Waals surface area (Å²) in [5, 5.41) is 15.2. The number of aromatic amines is 1. The molecule has 1 heterocycles. The van der Waals surface area contributed by atoms with Crippen molar-refractivity contribution >= 4 is 16.7 Å². The van der Waals surface area contributed by atoms with E-state index in [1.807, 2.05) is 6.07 Å². The smallest absolute Gasteiger partial charge is 0.273 e. The van der Waals surface area contributed by atoms with Gasteiger partial charge < -0.3 is 19.5 Å². The topological polar surface area (TPSA) is 135 Å². The number of carbonyl (C=O) groups excluding carboxylic acids is 1. The maximum Gasteiger partial charge on any atom is 0.273 e. The van der Waals surface area contributed by atoms with Gasteiger partial charge in [0.25, 0.3) is 11.1 Å². The summed E-state index contributed by atoms with van der Waals surface area (Å²) in [5.74, 6) is 0.570. The predicted molar refractivity (Wildman–Crippen MR) is 116 cm³/mol. The molecule has 3 aromatic rings. The van der Waals surface area contributed by atoms with E-state index in [-0.39, 0.29) is 23.7 Å². The van der Waals surface area contributed by atoms with Gasteiger partial charge in [0.2, 0.25) is 11.7 Å². The lowest BCUT2D eigenvalue weighted by atomic mass is 10.1. The molecule has 2 aromatic carbocycles. The van der Waals surface area contributed by atoms with Crippen LogP contribution >= 0.6 is 0 Å². The van der Waals surface area contributed by atoms with Gasteiger partial charge in [0, 0.05) is 6.42 Å². The van der Waals surface area contributed by atoms with Crippen LogP contribution in [0, 0.1) is 11.3 Å². The Kier molecular flexibility index (Phi) is 6.80. The molecule has 10 heteroatoms. The highest BCUT2D eigenvalue weighted by Gasteiger charge is 2.20. The molecule has 0 aliphatic heterocycles. The summed E-state index contributed by atoms with van der Waals surface area (Å²) >= 11 is 0. The normalized spacial score (nSPS) is 11.4. The molecule has 1 atom stereocenters. The lowest BCUT2D eigenvalue weighted by Gasteiger charge is -2.17. The van der Waals surface area contributed by atoms with Gasteiger partial charge in [0.05, 0.1) is 44.7 Å². The minimum absolute atomic E-state index is 0.0574. The van der Waals surface area contributed by atoms with E-state index in [1.165, 1.54) is 21.3 Å². The zero-order chi connectivity index (χ0) is 23.3. The molecule has 10 nitrogen and oxygen atoms in total. The molecule has 0 saturated heterocycles. The van der Waals surface area contributed by atoms with Gasteiger partial charge in [-0.25, -0.2) is 4.68 Å². The summed E-state index contributed by atoms with van der Waals surface area (Å²) in [4.78, 5) is 37.2. The first-order valence-electron chi connectivity index (χ1n) is 9.64. The first-order chi connectivity index (χ1) is 15.4. The Morgan fingerprint density at radius 1 is 1.09 bits per heavy atom. The van der Waals surface area contributed by atoms with Crippen LogP contribution in [0.4, 0.5) is 0 Å². The number of nitriles is 1. The summed E-state index contributed by atoms with van der Waals surface area (Å²) in [6.07, 6.45) is -0.128. The minimum Gasteiger partial charge on any atom is -0.493 e. The van der Waals surface area contributed by atoms with Crippen LogP contribution < -0.4 is 30.6 Å². The van der Waals surface area contributed by atoms with E-state index in [2.05, 4.69) is 10.4 Å². The highest BCUT2D eigenvalue weighted by atomic mass is 16.5. The van der Waals surface area contributed by atoms with Crippen molar-refractivity contribution in [3.63, 3.8) is 0 Å². The van der Waals surface area contributed by atoms with Gasteiger partial charge in [-0.05, 0) is 29.8 Å². The monoisotopic (exact) mass is 438 g/mol. The van der Waals surface area contributed by atoms with Crippen LogP contribution in [0.1, 0.15) is 18.0 Å². The van der Waals surface area contributed by atoms with Crippen LogP contribution in [0.5, 0.6) is 17.2 Å². The standard InChI is InChI=1S/C22H22N4O6/c1-30-17-10-13(11-18(31-2)20(17)32-3)16(12-23)24-19(27)8-9-26-22(29)15-7-5-4-6-14(15)21(28)25-26/h4-7,10-11,16H,8-9H2,1-3H3,(H,24,27)(H,25,28). The van der Waals surface area contributed by atoms with Crippen molar-refractivity contribution in [1.29, 1.82) is 5.26 Å². The van der Waals surface area contributed by atoms with Crippen LogP contribution in [0.25, 0.3) is 10.8 Å². The van der Waals surface area contributed by atoms with E-state index >= 15 is 0 Å². The molecule has 1 amide bonds. The molecule has 0 fully saturated rings. The number of fused-ring (bicyclic) bond motifs is 1. The van der Waals surface area contributed by atoms with Crippen LogP contribution in [-0.2, 0) is 11.3 Å². The number of hydrogen-bond donors (Lipinski definition) is 2. The number of hydrogen-bond acceptors (Lipinski definition) is 7. The molecule has 166 valence electrons. The molecule has 3 rings (SSSR count). The highest BCUT2D eigenvalue weighted by Crippen LogP contribution is 2.39. The third kappa shape index (κ3) is 4.41. The molecule has 1 aromatic heterocycles. The lowest BCUT2D eigenvalue weighted by Crippen LogP contribution is -2.33. The van der Waals surface area contributed by atoms with Crippen LogP contribution in [-0.4, -0.2) is 37.0 Å². The molecule has 0 saturated carbocycles. The highest BCUT2D eigenvalue weighted by molar-refractivity contribution is 5.80. The quantitative estimate of drug-likeness (QED) is 0.544. The molecule has 0 aliphatic rings. The van der Waals surface area contributed by atoms with E-state index in [0.29, 0.717) is 22.8 Å². The average Bonchev–Trinajstić information content (AvgIpc) is 2.82. The second-order valence-electron chi connectivity index (χ2n) is 6.78. The largest absolute Gasteiger partial charge is 0.493 e. The van der Waals surface area contributed by atoms with Gasteiger partial charge in [0.1, 0.15) is 6.04 Å². The van der Waals surface area contributed by atoms with Crippen LogP contribution in [0.15, 0.2) is 46.0 Å². The third-order valence-corrected chi connectivity index (χ3v) is 4.90. The molecule has 32 heavy (non-hydrogen) atoms. The second kappa shape index (κ2) is 9.70. The van der Waals surface area contributed by atoms with E-state index in [9.17, 15) is 19.6 Å². The van der Waals surface area contributed by atoms with Crippen LogP contribution in [0.2, 0.25) is 0 Å². The van der Waals surface area contributed by atoms with E-state index in [0.717, 1.165) is 4.68 Å². The lowest BCUT2D eigenvalue weighted by molar-refractivity contribution is -0.121. The van der Waals surface area contributed by atoms with Crippen molar-refractivity contribution in [2.45, 2.75) is 19.0 Å². The van der Waals surface area contributed by atoms with Gasteiger partial charge >= 0.3 is 0 Å². The van der Waals surface area contributed by atoms with E-state index < -0.39 is 23.1 Å². The maximum atomic E-state index is 12.6. The number of methoxy groups -OCH3 is 3. The van der Waals surface area contributed by atoms with E-state index in [4.69, 9.17) is 14.2 Å². The van der Waals surface area contributed by atoms with Crippen molar-refractivity contribution in [1.82, 2.24) is 15.1 Å². The summed E-state index contributed by atoms with van der Waals surface area (Å²) in [5.41, 5.74) is -0.394. The molecule has 0 radical (unpaired) electrons. The minimum atomic E-state index is -0.997. The third-order valence-electron chi connectivity index (χ3n) is 4.90. The predicted octanol–water partition coefficient (Wildman–Crippen LogP) is 1.49. The number of carbonyl (C=O) groups is 1.